The highest BCUT2D eigenvalue weighted by atomic mass is 35.5. The molecule has 102 valence electrons. The van der Waals surface area contributed by atoms with Crippen LogP contribution in [0.4, 0.5) is 5.69 Å². The van der Waals surface area contributed by atoms with Crippen LogP contribution in [0.3, 0.4) is 0 Å². The Balaban J connectivity index is 2.15. The van der Waals surface area contributed by atoms with E-state index in [1.54, 1.807) is 0 Å². The summed E-state index contributed by atoms with van der Waals surface area (Å²) in [6.45, 7) is 6.85. The van der Waals surface area contributed by atoms with Crippen LogP contribution in [0.1, 0.15) is 31.1 Å². The van der Waals surface area contributed by atoms with Crippen LogP contribution < -0.4 is 5.32 Å². The summed E-state index contributed by atoms with van der Waals surface area (Å²) in [5.74, 6) is 0. The molecule has 0 spiro atoms. The van der Waals surface area contributed by atoms with Crippen molar-refractivity contribution >= 4 is 28.9 Å². The van der Waals surface area contributed by atoms with E-state index in [9.17, 15) is 0 Å². The van der Waals surface area contributed by atoms with E-state index in [1.165, 1.54) is 0 Å². The molecule has 0 saturated heterocycles. The van der Waals surface area contributed by atoms with Crippen molar-refractivity contribution in [1.82, 2.24) is 9.55 Å². The Morgan fingerprint density at radius 2 is 2.00 bits per heavy atom. The first-order chi connectivity index (χ1) is 8.99. The molecule has 0 amide bonds. The van der Waals surface area contributed by atoms with Crippen molar-refractivity contribution in [3.05, 3.63) is 46.0 Å². The summed E-state index contributed by atoms with van der Waals surface area (Å²) < 4.78 is 2.12. The third-order valence-corrected chi connectivity index (χ3v) is 3.73. The van der Waals surface area contributed by atoms with Crippen LogP contribution in [-0.4, -0.2) is 9.55 Å². The van der Waals surface area contributed by atoms with E-state index in [0.717, 1.165) is 16.9 Å². The van der Waals surface area contributed by atoms with Crippen molar-refractivity contribution < 1.29 is 0 Å². The maximum Gasteiger partial charge on any atom is 0.0951 e. The van der Waals surface area contributed by atoms with Gasteiger partial charge in [-0.05, 0) is 38.5 Å². The maximum atomic E-state index is 6.20. The van der Waals surface area contributed by atoms with Gasteiger partial charge in [-0.15, -0.1) is 0 Å². The number of hydrogen-bond donors (Lipinski definition) is 1. The first-order valence-corrected chi connectivity index (χ1v) is 6.95. The minimum Gasteiger partial charge on any atom is -0.378 e. The second-order valence-corrected chi connectivity index (χ2v) is 5.64. The number of halogens is 2. The largest absolute Gasteiger partial charge is 0.378 e. The number of imidazole rings is 1. The SMILES string of the molecule is Cc1cc(Cl)c(NCc2cncn2C(C)C)cc1Cl. The summed E-state index contributed by atoms with van der Waals surface area (Å²) in [5, 5.41) is 4.69. The molecule has 3 nitrogen and oxygen atoms in total. The van der Waals surface area contributed by atoms with E-state index in [-0.39, 0.29) is 0 Å². The molecule has 1 N–H and O–H groups in total. The third-order valence-electron chi connectivity index (χ3n) is 3.01. The number of aryl methyl sites for hydroxylation is 1. The van der Waals surface area contributed by atoms with E-state index >= 15 is 0 Å². The van der Waals surface area contributed by atoms with Gasteiger partial charge in [0.05, 0.1) is 29.3 Å². The standard InChI is InChI=1S/C14H17Cl2N3/c1-9(2)19-8-17-6-11(19)7-18-14-5-12(15)10(3)4-13(14)16/h4-6,8-9,18H,7H2,1-3H3. The van der Waals surface area contributed by atoms with E-state index in [0.29, 0.717) is 22.6 Å². The highest BCUT2D eigenvalue weighted by Gasteiger charge is 2.08. The zero-order chi connectivity index (χ0) is 14.0. The van der Waals surface area contributed by atoms with Gasteiger partial charge < -0.3 is 9.88 Å². The number of aromatic nitrogens is 2. The number of hydrogen-bond acceptors (Lipinski definition) is 2. The Kier molecular flexibility index (Phi) is 4.38. The monoisotopic (exact) mass is 297 g/mol. The van der Waals surface area contributed by atoms with Crippen LogP contribution in [0.5, 0.6) is 0 Å². The zero-order valence-electron chi connectivity index (χ0n) is 11.2. The molecular formula is C14H17Cl2N3. The minimum absolute atomic E-state index is 0.386. The van der Waals surface area contributed by atoms with Crippen molar-refractivity contribution in [2.75, 3.05) is 5.32 Å². The lowest BCUT2D eigenvalue weighted by molar-refractivity contribution is 0.577. The van der Waals surface area contributed by atoms with Crippen LogP contribution >= 0.6 is 23.2 Å². The Labute approximate surface area is 123 Å². The quantitative estimate of drug-likeness (QED) is 0.887. The summed E-state index contributed by atoms with van der Waals surface area (Å²) in [6, 6.07) is 4.11. The van der Waals surface area contributed by atoms with Gasteiger partial charge in [0, 0.05) is 17.3 Å². The molecule has 0 unspecified atom stereocenters. The molecule has 19 heavy (non-hydrogen) atoms. The van der Waals surface area contributed by atoms with Crippen LogP contribution in [0.2, 0.25) is 10.0 Å². The third kappa shape index (κ3) is 3.23. The smallest absolute Gasteiger partial charge is 0.0951 e. The summed E-state index contributed by atoms with van der Waals surface area (Å²) in [5.41, 5.74) is 2.93. The number of rotatable bonds is 4. The Bertz CT molecular complexity index is 576. The molecule has 1 aromatic carbocycles. The lowest BCUT2D eigenvalue weighted by atomic mass is 10.2. The normalized spacial score (nSPS) is 11.1. The second kappa shape index (κ2) is 5.85. The number of nitrogens with one attached hydrogen (secondary N) is 1. The van der Waals surface area contributed by atoms with Gasteiger partial charge >= 0.3 is 0 Å². The molecule has 0 aliphatic heterocycles. The molecule has 1 aromatic heterocycles. The van der Waals surface area contributed by atoms with Crippen LogP contribution in [-0.2, 0) is 6.54 Å². The van der Waals surface area contributed by atoms with Gasteiger partial charge in [0.25, 0.3) is 0 Å². The highest BCUT2D eigenvalue weighted by molar-refractivity contribution is 6.35. The topological polar surface area (TPSA) is 29.9 Å². The van der Waals surface area contributed by atoms with Gasteiger partial charge in [0.1, 0.15) is 0 Å². The minimum atomic E-state index is 0.386. The van der Waals surface area contributed by atoms with Gasteiger partial charge in [-0.2, -0.15) is 0 Å². The molecule has 0 saturated carbocycles. The average molecular weight is 298 g/mol. The Morgan fingerprint density at radius 1 is 1.26 bits per heavy atom. The molecule has 1 heterocycles. The number of anilines is 1. The van der Waals surface area contributed by atoms with Crippen molar-refractivity contribution in [3.8, 4) is 0 Å². The second-order valence-electron chi connectivity index (χ2n) is 4.82. The lowest BCUT2D eigenvalue weighted by Crippen LogP contribution is -2.09. The number of benzene rings is 1. The predicted octanol–water partition coefficient (Wildman–Crippen LogP) is 4.69. The van der Waals surface area contributed by atoms with Crippen molar-refractivity contribution in [2.24, 2.45) is 0 Å². The van der Waals surface area contributed by atoms with E-state index in [1.807, 2.05) is 31.6 Å². The maximum absolute atomic E-state index is 6.20. The fourth-order valence-electron chi connectivity index (χ4n) is 1.90. The number of nitrogens with zero attached hydrogens (tertiary/aromatic N) is 2. The fraction of sp³-hybridized carbons (Fsp3) is 0.357. The van der Waals surface area contributed by atoms with Crippen molar-refractivity contribution in [1.29, 1.82) is 0 Å². The van der Waals surface area contributed by atoms with Gasteiger partial charge in [-0.1, -0.05) is 23.2 Å². The summed E-state index contributed by atoms with van der Waals surface area (Å²) in [6.07, 6.45) is 3.70. The van der Waals surface area contributed by atoms with Gasteiger partial charge in [0.15, 0.2) is 0 Å². The molecule has 0 radical (unpaired) electrons. The average Bonchev–Trinajstić information content (AvgIpc) is 2.80. The highest BCUT2D eigenvalue weighted by Crippen LogP contribution is 2.29. The first-order valence-electron chi connectivity index (χ1n) is 6.19. The molecule has 2 rings (SSSR count). The fourth-order valence-corrected chi connectivity index (χ4v) is 2.35. The van der Waals surface area contributed by atoms with Gasteiger partial charge in [-0.3, -0.25) is 0 Å². The van der Waals surface area contributed by atoms with E-state index < -0.39 is 0 Å². The Morgan fingerprint density at radius 3 is 2.68 bits per heavy atom. The Hall–Kier alpha value is -1.19. The van der Waals surface area contributed by atoms with Gasteiger partial charge in [0.2, 0.25) is 0 Å². The van der Waals surface area contributed by atoms with Crippen LogP contribution in [0.15, 0.2) is 24.7 Å². The summed E-state index contributed by atoms with van der Waals surface area (Å²) in [4.78, 5) is 4.17. The molecule has 0 aliphatic carbocycles. The zero-order valence-corrected chi connectivity index (χ0v) is 12.8. The summed E-state index contributed by atoms with van der Waals surface area (Å²) >= 11 is 12.3. The van der Waals surface area contributed by atoms with Gasteiger partial charge in [-0.25, -0.2) is 4.98 Å². The van der Waals surface area contributed by atoms with Crippen molar-refractivity contribution in [3.63, 3.8) is 0 Å². The first kappa shape index (κ1) is 14.2. The molecule has 0 fully saturated rings. The molecule has 2 aromatic rings. The molecule has 0 atom stereocenters. The molecule has 0 bridgehead atoms. The lowest BCUT2D eigenvalue weighted by Gasteiger charge is -2.14. The van der Waals surface area contributed by atoms with E-state index in [4.69, 9.17) is 23.2 Å². The van der Waals surface area contributed by atoms with E-state index in [2.05, 4.69) is 28.7 Å². The van der Waals surface area contributed by atoms with Crippen molar-refractivity contribution in [2.45, 2.75) is 33.4 Å². The molecule has 5 heteroatoms. The predicted molar refractivity (Wildman–Crippen MR) is 81.1 cm³/mol. The molecule has 0 aliphatic rings. The van der Waals surface area contributed by atoms with Crippen LogP contribution in [0.25, 0.3) is 0 Å². The van der Waals surface area contributed by atoms with Crippen LogP contribution in [0, 0.1) is 6.92 Å². The molecular weight excluding hydrogens is 281 g/mol. The summed E-state index contributed by atoms with van der Waals surface area (Å²) in [7, 11) is 0.